The predicted molar refractivity (Wildman–Crippen MR) is 119 cm³/mol. The van der Waals surface area contributed by atoms with Crippen LogP contribution in [-0.2, 0) is 6.54 Å². The lowest BCUT2D eigenvalue weighted by atomic mass is 10.1. The molecule has 1 N–H and O–H groups in total. The summed E-state index contributed by atoms with van der Waals surface area (Å²) in [6.07, 6.45) is 4.59. The largest absolute Gasteiger partial charge is 0.307 e. The molecule has 3 aromatic heterocycles. The molecular formula is C24H24N6O. The highest BCUT2D eigenvalue weighted by Crippen LogP contribution is 2.27. The van der Waals surface area contributed by atoms with Crippen molar-refractivity contribution < 1.29 is 4.79 Å². The molecule has 0 bridgehead atoms. The summed E-state index contributed by atoms with van der Waals surface area (Å²) in [4.78, 5) is 19.4. The fourth-order valence-corrected chi connectivity index (χ4v) is 4.08. The standard InChI is InChI=1S/C24H24N6O/c1-17-7-9-21(25-13-17)26-24(31)20-8-10-22-27-28-23(30(22)16-20)19-11-12-29(15-19)14-18-5-3-2-4-6-18/h2-10,13,16,19H,11-12,14-15H2,1H3,(H,25,26,31)/t19-/m1/s1. The maximum atomic E-state index is 12.7. The number of carbonyl (C=O) groups is 1. The molecule has 0 spiro atoms. The van der Waals surface area contributed by atoms with Crippen molar-refractivity contribution in [2.75, 3.05) is 18.4 Å². The number of hydrogen-bond acceptors (Lipinski definition) is 5. The first kappa shape index (κ1) is 19.4. The number of aromatic nitrogens is 4. The lowest BCUT2D eigenvalue weighted by molar-refractivity contribution is 0.102. The SMILES string of the molecule is Cc1ccc(NC(=O)c2ccc3nnc([C@@H]4CCN(Cc5ccccc5)C4)n3c2)nc1. The summed E-state index contributed by atoms with van der Waals surface area (Å²) in [5.41, 5.74) is 3.67. The molecule has 1 aliphatic heterocycles. The van der Waals surface area contributed by atoms with Gasteiger partial charge in [-0.05, 0) is 49.2 Å². The molecule has 7 nitrogen and oxygen atoms in total. The van der Waals surface area contributed by atoms with E-state index >= 15 is 0 Å². The van der Waals surface area contributed by atoms with Crippen molar-refractivity contribution in [2.45, 2.75) is 25.8 Å². The Hall–Kier alpha value is -3.58. The summed E-state index contributed by atoms with van der Waals surface area (Å²) in [6.45, 7) is 4.85. The van der Waals surface area contributed by atoms with E-state index < -0.39 is 0 Å². The number of aryl methyl sites for hydroxylation is 1. The summed E-state index contributed by atoms with van der Waals surface area (Å²) in [5.74, 6) is 1.53. The van der Waals surface area contributed by atoms with E-state index in [9.17, 15) is 4.79 Å². The quantitative estimate of drug-likeness (QED) is 0.541. The molecule has 1 aromatic carbocycles. The molecule has 0 radical (unpaired) electrons. The zero-order chi connectivity index (χ0) is 21.2. The topological polar surface area (TPSA) is 75.4 Å². The molecule has 4 aromatic rings. The number of pyridine rings is 2. The third kappa shape index (κ3) is 4.18. The van der Waals surface area contributed by atoms with Crippen LogP contribution >= 0.6 is 0 Å². The van der Waals surface area contributed by atoms with Crippen molar-refractivity contribution >= 4 is 17.4 Å². The van der Waals surface area contributed by atoms with Crippen LogP contribution in [-0.4, -0.2) is 43.5 Å². The molecule has 0 saturated carbocycles. The maximum absolute atomic E-state index is 12.7. The molecule has 4 heterocycles. The highest BCUT2D eigenvalue weighted by Gasteiger charge is 2.27. The van der Waals surface area contributed by atoms with Gasteiger partial charge in [0.1, 0.15) is 11.6 Å². The Morgan fingerprint density at radius 2 is 1.97 bits per heavy atom. The minimum atomic E-state index is -0.199. The van der Waals surface area contributed by atoms with E-state index in [0.29, 0.717) is 11.4 Å². The first-order valence-electron chi connectivity index (χ1n) is 10.5. The first-order valence-corrected chi connectivity index (χ1v) is 10.5. The van der Waals surface area contributed by atoms with Gasteiger partial charge in [-0.1, -0.05) is 36.4 Å². The number of rotatable bonds is 5. The molecule has 0 unspecified atom stereocenters. The summed E-state index contributed by atoms with van der Waals surface area (Å²) >= 11 is 0. The number of anilines is 1. The van der Waals surface area contributed by atoms with Gasteiger partial charge in [-0.15, -0.1) is 10.2 Å². The van der Waals surface area contributed by atoms with Gasteiger partial charge in [-0.3, -0.25) is 14.1 Å². The Labute approximate surface area is 180 Å². The average molecular weight is 412 g/mol. The minimum Gasteiger partial charge on any atom is -0.307 e. The van der Waals surface area contributed by atoms with Gasteiger partial charge in [0.25, 0.3) is 5.91 Å². The van der Waals surface area contributed by atoms with Gasteiger partial charge in [0, 0.05) is 31.4 Å². The average Bonchev–Trinajstić information content (AvgIpc) is 3.42. The summed E-state index contributed by atoms with van der Waals surface area (Å²) in [7, 11) is 0. The number of fused-ring (bicyclic) bond motifs is 1. The van der Waals surface area contributed by atoms with E-state index in [4.69, 9.17) is 0 Å². The number of nitrogens with zero attached hydrogens (tertiary/aromatic N) is 5. The Kier molecular flexibility index (Phi) is 5.18. The van der Waals surface area contributed by atoms with Gasteiger partial charge in [0.15, 0.2) is 5.65 Å². The van der Waals surface area contributed by atoms with E-state index in [1.54, 1.807) is 18.3 Å². The van der Waals surface area contributed by atoms with E-state index in [2.05, 4.69) is 49.7 Å². The predicted octanol–water partition coefficient (Wildman–Crippen LogP) is 3.67. The van der Waals surface area contributed by atoms with Gasteiger partial charge in [-0.25, -0.2) is 4.98 Å². The van der Waals surface area contributed by atoms with Crippen molar-refractivity contribution in [2.24, 2.45) is 0 Å². The van der Waals surface area contributed by atoms with Crippen LogP contribution in [0.25, 0.3) is 5.65 Å². The number of hydrogen-bond donors (Lipinski definition) is 1. The first-order chi connectivity index (χ1) is 15.2. The molecule has 1 saturated heterocycles. The number of likely N-dealkylation sites (tertiary alicyclic amines) is 1. The van der Waals surface area contributed by atoms with Crippen molar-refractivity contribution in [1.29, 1.82) is 0 Å². The maximum Gasteiger partial charge on any atom is 0.258 e. The molecule has 1 amide bonds. The van der Waals surface area contributed by atoms with Crippen LogP contribution in [0.3, 0.4) is 0 Å². The van der Waals surface area contributed by atoms with Crippen LogP contribution in [0, 0.1) is 6.92 Å². The number of amides is 1. The van der Waals surface area contributed by atoms with Gasteiger partial charge >= 0.3 is 0 Å². The van der Waals surface area contributed by atoms with Gasteiger partial charge < -0.3 is 5.32 Å². The molecule has 1 atom stereocenters. The van der Waals surface area contributed by atoms with Crippen molar-refractivity contribution in [3.8, 4) is 0 Å². The molecule has 1 fully saturated rings. The van der Waals surface area contributed by atoms with Crippen LogP contribution in [0.2, 0.25) is 0 Å². The molecule has 7 heteroatoms. The molecule has 31 heavy (non-hydrogen) atoms. The van der Waals surface area contributed by atoms with Crippen molar-refractivity contribution in [3.63, 3.8) is 0 Å². The highest BCUT2D eigenvalue weighted by molar-refractivity contribution is 6.03. The van der Waals surface area contributed by atoms with E-state index in [1.807, 2.05) is 35.7 Å². The normalized spacial score (nSPS) is 16.6. The van der Waals surface area contributed by atoms with E-state index in [0.717, 1.165) is 43.1 Å². The summed E-state index contributed by atoms with van der Waals surface area (Å²) in [5, 5.41) is 11.6. The number of nitrogens with one attached hydrogen (secondary N) is 1. The fraction of sp³-hybridized carbons (Fsp3) is 0.250. The van der Waals surface area contributed by atoms with Crippen molar-refractivity contribution in [3.05, 3.63) is 89.5 Å². The zero-order valence-electron chi connectivity index (χ0n) is 17.4. The van der Waals surface area contributed by atoms with Crippen molar-refractivity contribution in [1.82, 2.24) is 24.5 Å². The second-order valence-corrected chi connectivity index (χ2v) is 8.09. The van der Waals surface area contributed by atoms with Crippen LogP contribution in [0.4, 0.5) is 5.82 Å². The van der Waals surface area contributed by atoms with Gasteiger partial charge in [-0.2, -0.15) is 0 Å². The monoisotopic (exact) mass is 412 g/mol. The summed E-state index contributed by atoms with van der Waals surface area (Å²) < 4.78 is 1.95. The van der Waals surface area contributed by atoms with Crippen LogP contribution in [0.1, 0.15) is 39.6 Å². The van der Waals surface area contributed by atoms with Crippen LogP contribution in [0.15, 0.2) is 67.0 Å². The number of carbonyl (C=O) groups excluding carboxylic acids is 1. The Morgan fingerprint density at radius 3 is 2.77 bits per heavy atom. The third-order valence-electron chi connectivity index (χ3n) is 5.73. The van der Waals surface area contributed by atoms with Gasteiger partial charge in [0.05, 0.1) is 5.56 Å². The summed E-state index contributed by atoms with van der Waals surface area (Å²) in [6, 6.07) is 17.9. The Morgan fingerprint density at radius 1 is 1.10 bits per heavy atom. The lowest BCUT2D eigenvalue weighted by Crippen LogP contribution is -2.20. The molecular weight excluding hydrogens is 388 g/mol. The smallest absolute Gasteiger partial charge is 0.258 e. The third-order valence-corrected chi connectivity index (χ3v) is 5.73. The molecule has 156 valence electrons. The van der Waals surface area contributed by atoms with Crippen LogP contribution in [0.5, 0.6) is 0 Å². The molecule has 1 aliphatic rings. The Balaban J connectivity index is 1.33. The molecule has 5 rings (SSSR count). The highest BCUT2D eigenvalue weighted by atomic mass is 16.1. The van der Waals surface area contributed by atoms with E-state index in [-0.39, 0.29) is 11.8 Å². The second kappa shape index (κ2) is 8.28. The zero-order valence-corrected chi connectivity index (χ0v) is 17.4. The van der Waals surface area contributed by atoms with Crippen LogP contribution < -0.4 is 5.32 Å². The Bertz CT molecular complexity index is 1200. The van der Waals surface area contributed by atoms with Gasteiger partial charge in [0.2, 0.25) is 0 Å². The van der Waals surface area contributed by atoms with E-state index in [1.165, 1.54) is 5.56 Å². The number of benzene rings is 1. The second-order valence-electron chi connectivity index (χ2n) is 8.09. The lowest BCUT2D eigenvalue weighted by Gasteiger charge is -2.15. The minimum absolute atomic E-state index is 0.199. The fourth-order valence-electron chi connectivity index (χ4n) is 4.08. The molecule has 0 aliphatic carbocycles.